The minimum atomic E-state index is -0.738. The van der Waals surface area contributed by atoms with Crippen LogP contribution in [0.15, 0.2) is 32.8 Å². The van der Waals surface area contributed by atoms with Crippen molar-refractivity contribution in [2.75, 3.05) is 31.5 Å². The molecule has 6 rings (SSSR count). The van der Waals surface area contributed by atoms with Gasteiger partial charge in [0, 0.05) is 24.8 Å². The number of fused-ring (bicyclic) bond motifs is 4. The summed E-state index contributed by atoms with van der Waals surface area (Å²) >= 11 is 0. The van der Waals surface area contributed by atoms with Gasteiger partial charge in [0.15, 0.2) is 29.6 Å². The van der Waals surface area contributed by atoms with E-state index in [1.54, 1.807) is 6.07 Å². The molecule has 3 N–H and O–H groups in total. The number of amides is 1. The quantitative estimate of drug-likeness (QED) is 0.306. The second kappa shape index (κ2) is 8.35. The maximum atomic E-state index is 12.8. The number of imidazole rings is 1. The van der Waals surface area contributed by atoms with Crippen molar-refractivity contribution in [2.24, 2.45) is 5.92 Å². The first-order valence-electron chi connectivity index (χ1n) is 9.88. The summed E-state index contributed by atoms with van der Waals surface area (Å²) in [5.74, 6) is 0.366. The first-order chi connectivity index (χ1) is 14.9. The van der Waals surface area contributed by atoms with Gasteiger partial charge in [0.25, 0.3) is 11.5 Å². The van der Waals surface area contributed by atoms with Crippen molar-refractivity contribution < 1.29 is 40.3 Å². The van der Waals surface area contributed by atoms with E-state index in [1.165, 1.54) is 6.26 Å². The van der Waals surface area contributed by atoms with Crippen LogP contribution in [-0.4, -0.2) is 73.4 Å². The third kappa shape index (κ3) is 3.98. The molecular weight excluding hydrogens is 490 g/mol. The van der Waals surface area contributed by atoms with Gasteiger partial charge in [-0.1, -0.05) is 5.16 Å². The normalized spacial score (nSPS) is 24.1. The van der Waals surface area contributed by atoms with Crippen LogP contribution in [0.2, 0.25) is 0 Å². The SMILES string of the molecule is O=C(C[N+]12CCC(CC1)[C@@H](OC(=O)n1cnc3c(=O)[nH]c(=O)[nH]c31)C2)Nc1ccon1.[Br-]. The van der Waals surface area contributed by atoms with E-state index in [-0.39, 0.29) is 52.6 Å². The molecule has 13 nitrogen and oxygen atoms in total. The van der Waals surface area contributed by atoms with Gasteiger partial charge < -0.3 is 36.0 Å². The van der Waals surface area contributed by atoms with Crippen LogP contribution in [0.5, 0.6) is 0 Å². The molecule has 0 radical (unpaired) electrons. The average Bonchev–Trinajstić information content (AvgIpc) is 3.38. The molecular formula is C18H20BrN7O6. The standard InChI is InChI=1S/C18H19N7O6.BrH/c26-13(20-12-3-6-30-23-12)8-25-4-1-10(2-5-25)11(7-25)31-18(29)24-9-19-14-15(24)21-17(28)22-16(14)27;/h3,6,9-11H,1-2,4-5,7-8H2,(H2-,20,21,22,23,26,27,28);1H/t10?,11-,25?;/m0./s1. The summed E-state index contributed by atoms with van der Waals surface area (Å²) in [5.41, 5.74) is -1.50. The fourth-order valence-corrected chi connectivity index (χ4v) is 4.60. The maximum Gasteiger partial charge on any atom is 0.421 e. The van der Waals surface area contributed by atoms with Crippen molar-refractivity contribution in [3.8, 4) is 0 Å². The van der Waals surface area contributed by atoms with E-state index in [0.29, 0.717) is 16.8 Å². The summed E-state index contributed by atoms with van der Waals surface area (Å²) in [5, 5.41) is 6.39. The lowest BCUT2D eigenvalue weighted by Crippen LogP contribution is -3.00. The van der Waals surface area contributed by atoms with E-state index in [2.05, 4.69) is 25.4 Å². The summed E-state index contributed by atoms with van der Waals surface area (Å²) in [6, 6.07) is 1.57. The Bertz CT molecular complexity index is 1250. The molecule has 32 heavy (non-hydrogen) atoms. The molecule has 1 atom stereocenters. The average molecular weight is 510 g/mol. The molecule has 0 unspecified atom stereocenters. The number of hydrogen-bond donors (Lipinski definition) is 3. The van der Waals surface area contributed by atoms with Gasteiger partial charge in [-0.15, -0.1) is 0 Å². The second-order valence-corrected chi connectivity index (χ2v) is 8.04. The Morgan fingerprint density at radius 1 is 1.28 bits per heavy atom. The van der Waals surface area contributed by atoms with Crippen molar-refractivity contribution in [1.82, 2.24) is 24.7 Å². The molecule has 3 aromatic heterocycles. The predicted molar refractivity (Wildman–Crippen MR) is 104 cm³/mol. The van der Waals surface area contributed by atoms with E-state index < -0.39 is 17.3 Å². The Morgan fingerprint density at radius 3 is 2.78 bits per heavy atom. The molecule has 3 aliphatic heterocycles. The minimum absolute atomic E-state index is 0. The molecule has 0 spiro atoms. The number of quaternary nitrogens is 1. The first-order valence-corrected chi connectivity index (χ1v) is 9.88. The number of carbonyl (C=O) groups is 2. The number of carbonyl (C=O) groups excluding carboxylic acids is 2. The lowest BCUT2D eigenvalue weighted by Gasteiger charge is -2.51. The van der Waals surface area contributed by atoms with Gasteiger partial charge in [-0.3, -0.25) is 19.6 Å². The number of piperidine rings is 3. The van der Waals surface area contributed by atoms with E-state index in [0.717, 1.165) is 36.8 Å². The Morgan fingerprint density at radius 2 is 2.06 bits per heavy atom. The summed E-state index contributed by atoms with van der Waals surface area (Å²) in [7, 11) is 0. The zero-order chi connectivity index (χ0) is 21.6. The smallest absolute Gasteiger partial charge is 0.421 e. The number of nitrogens with one attached hydrogen (secondary N) is 3. The van der Waals surface area contributed by atoms with Crippen LogP contribution in [0.25, 0.3) is 11.2 Å². The Labute approximate surface area is 190 Å². The molecule has 0 saturated carbocycles. The van der Waals surface area contributed by atoms with Crippen LogP contribution < -0.4 is 33.5 Å². The molecule has 3 aliphatic rings. The van der Waals surface area contributed by atoms with Crippen LogP contribution in [0, 0.1) is 5.92 Å². The topological polar surface area (TPSA) is 165 Å². The largest absolute Gasteiger partial charge is 1.00 e. The van der Waals surface area contributed by atoms with E-state index in [1.807, 2.05) is 0 Å². The molecule has 0 aliphatic carbocycles. The molecule has 3 saturated heterocycles. The molecule has 14 heteroatoms. The zero-order valence-corrected chi connectivity index (χ0v) is 18.3. The molecule has 170 valence electrons. The van der Waals surface area contributed by atoms with Crippen LogP contribution in [0.1, 0.15) is 12.8 Å². The number of anilines is 1. The molecule has 0 aromatic carbocycles. The number of hydrogen-bond acceptors (Lipinski definition) is 8. The summed E-state index contributed by atoms with van der Waals surface area (Å²) in [6.07, 6.45) is 3.07. The fourth-order valence-electron chi connectivity index (χ4n) is 4.60. The van der Waals surface area contributed by atoms with Crippen LogP contribution in [0.3, 0.4) is 0 Å². The number of aromatic amines is 2. The Hall–Kier alpha value is -3.26. The number of aromatic nitrogens is 5. The van der Waals surface area contributed by atoms with Crippen LogP contribution in [-0.2, 0) is 9.53 Å². The lowest BCUT2D eigenvalue weighted by molar-refractivity contribution is -0.938. The lowest BCUT2D eigenvalue weighted by atomic mass is 9.83. The fraction of sp³-hybridized carbons (Fsp3) is 0.444. The second-order valence-electron chi connectivity index (χ2n) is 8.04. The van der Waals surface area contributed by atoms with Gasteiger partial charge in [-0.05, 0) is 0 Å². The summed E-state index contributed by atoms with van der Waals surface area (Å²) in [4.78, 5) is 57.0. The first kappa shape index (κ1) is 22.0. The maximum absolute atomic E-state index is 12.8. The highest BCUT2D eigenvalue weighted by molar-refractivity contribution is 5.90. The predicted octanol–water partition coefficient (Wildman–Crippen LogP) is -3.36. The van der Waals surface area contributed by atoms with Crippen molar-refractivity contribution in [3.05, 3.63) is 39.5 Å². The minimum Gasteiger partial charge on any atom is -1.00 e. The van der Waals surface area contributed by atoms with Crippen LogP contribution in [0.4, 0.5) is 10.6 Å². The molecule has 2 bridgehead atoms. The van der Waals surface area contributed by atoms with Crippen molar-refractivity contribution in [3.63, 3.8) is 0 Å². The Balaban J connectivity index is 0.00000245. The number of rotatable bonds is 4. The van der Waals surface area contributed by atoms with Crippen LogP contribution >= 0.6 is 0 Å². The monoisotopic (exact) mass is 509 g/mol. The van der Waals surface area contributed by atoms with E-state index in [9.17, 15) is 19.2 Å². The zero-order valence-electron chi connectivity index (χ0n) is 16.7. The molecule has 3 aromatic rings. The highest BCUT2D eigenvalue weighted by atomic mass is 79.9. The van der Waals surface area contributed by atoms with Gasteiger partial charge in [0.05, 0.1) is 13.1 Å². The van der Waals surface area contributed by atoms with Gasteiger partial charge in [-0.25, -0.2) is 19.1 Å². The molecule has 6 heterocycles. The van der Waals surface area contributed by atoms with Crippen molar-refractivity contribution in [2.45, 2.75) is 18.9 Å². The highest BCUT2D eigenvalue weighted by Crippen LogP contribution is 2.35. The Kier molecular flexibility index (Phi) is 5.73. The van der Waals surface area contributed by atoms with E-state index >= 15 is 0 Å². The number of H-pyrrole nitrogens is 2. The molecule has 1 amide bonds. The van der Waals surface area contributed by atoms with Gasteiger partial charge >= 0.3 is 11.8 Å². The summed E-state index contributed by atoms with van der Waals surface area (Å²) in [6.45, 7) is 2.39. The third-order valence-corrected chi connectivity index (χ3v) is 6.12. The number of halogens is 1. The van der Waals surface area contributed by atoms with Crippen molar-refractivity contribution >= 4 is 29.0 Å². The summed E-state index contributed by atoms with van der Waals surface area (Å²) < 4.78 is 12.0. The van der Waals surface area contributed by atoms with Gasteiger partial charge in [-0.2, -0.15) is 0 Å². The third-order valence-electron chi connectivity index (χ3n) is 6.12. The number of nitrogens with zero attached hydrogens (tertiary/aromatic N) is 4. The van der Waals surface area contributed by atoms with Crippen molar-refractivity contribution in [1.29, 1.82) is 0 Å². The van der Waals surface area contributed by atoms with Gasteiger partial charge in [0.1, 0.15) is 19.1 Å². The van der Waals surface area contributed by atoms with E-state index in [4.69, 9.17) is 9.26 Å². The molecule has 3 fully saturated rings. The van der Waals surface area contributed by atoms with Gasteiger partial charge in [0.2, 0.25) is 0 Å². The highest BCUT2D eigenvalue weighted by Gasteiger charge is 2.48. The number of ether oxygens (including phenoxy) is 1.